The fourth-order valence-electron chi connectivity index (χ4n) is 1.59. The second-order valence-corrected chi connectivity index (χ2v) is 3.91. The van der Waals surface area contributed by atoms with Crippen LogP contribution in [0.15, 0.2) is 12.4 Å². The lowest BCUT2D eigenvalue weighted by molar-refractivity contribution is -0.139. The summed E-state index contributed by atoms with van der Waals surface area (Å²) in [6.07, 6.45) is 6.09. The molecule has 0 radical (unpaired) electrons. The highest BCUT2D eigenvalue weighted by Gasteiger charge is 2.14. The minimum Gasteiger partial charge on any atom is -0.480 e. The molecule has 0 saturated carbocycles. The van der Waals surface area contributed by atoms with Crippen molar-refractivity contribution in [3.63, 3.8) is 0 Å². The maximum atomic E-state index is 10.9. The van der Waals surface area contributed by atoms with Gasteiger partial charge in [0.05, 0.1) is 6.20 Å². The molecule has 2 N–H and O–H groups in total. The van der Waals surface area contributed by atoms with Crippen molar-refractivity contribution in [2.24, 2.45) is 7.05 Å². The average Bonchev–Trinajstić information content (AvgIpc) is 2.63. The average molecular weight is 225 g/mol. The number of carboxylic acid groups (broad SMARTS) is 1. The summed E-state index contributed by atoms with van der Waals surface area (Å²) < 4.78 is 1.75. The van der Waals surface area contributed by atoms with E-state index in [2.05, 4.69) is 10.4 Å². The highest BCUT2D eigenvalue weighted by molar-refractivity contribution is 5.73. The number of hydrogen-bond donors (Lipinski definition) is 2. The van der Waals surface area contributed by atoms with Gasteiger partial charge in [-0.15, -0.1) is 0 Å². The summed E-state index contributed by atoms with van der Waals surface area (Å²) in [5.74, 6) is -0.770. The van der Waals surface area contributed by atoms with Crippen LogP contribution in [-0.4, -0.2) is 33.4 Å². The molecule has 0 aliphatic heterocycles. The number of carboxylic acids is 1. The van der Waals surface area contributed by atoms with Gasteiger partial charge in [-0.05, 0) is 18.4 Å². The van der Waals surface area contributed by atoms with E-state index in [9.17, 15) is 4.79 Å². The number of aromatic nitrogens is 2. The summed E-state index contributed by atoms with van der Waals surface area (Å²) in [5, 5.41) is 16.0. The third kappa shape index (κ3) is 4.02. The van der Waals surface area contributed by atoms with Gasteiger partial charge in [-0.25, -0.2) is 0 Å². The zero-order chi connectivity index (χ0) is 12.0. The third-order valence-electron chi connectivity index (χ3n) is 2.44. The van der Waals surface area contributed by atoms with Gasteiger partial charge < -0.3 is 10.4 Å². The van der Waals surface area contributed by atoms with E-state index in [1.807, 2.05) is 20.2 Å². The first-order valence-corrected chi connectivity index (χ1v) is 5.57. The van der Waals surface area contributed by atoms with E-state index in [1.165, 1.54) is 0 Å². The molecular weight excluding hydrogens is 206 g/mol. The van der Waals surface area contributed by atoms with Crippen molar-refractivity contribution < 1.29 is 9.90 Å². The zero-order valence-corrected chi connectivity index (χ0v) is 9.81. The van der Waals surface area contributed by atoms with Crippen LogP contribution >= 0.6 is 0 Å². The largest absolute Gasteiger partial charge is 0.480 e. The smallest absolute Gasteiger partial charge is 0.320 e. The molecule has 1 atom stereocenters. The molecule has 0 amide bonds. The van der Waals surface area contributed by atoms with E-state index >= 15 is 0 Å². The second kappa shape index (κ2) is 6.27. The number of nitrogens with one attached hydrogen (secondary N) is 1. The highest BCUT2D eigenvalue weighted by Crippen LogP contribution is 1.99. The normalized spacial score (nSPS) is 12.6. The minimum absolute atomic E-state index is 0.429. The predicted octanol–water partition coefficient (Wildman–Crippen LogP) is 0.805. The van der Waals surface area contributed by atoms with Gasteiger partial charge in [0, 0.05) is 19.8 Å². The molecule has 1 aromatic rings. The van der Waals surface area contributed by atoms with Crippen LogP contribution in [0.3, 0.4) is 0 Å². The number of hydrogen-bond acceptors (Lipinski definition) is 3. The lowest BCUT2D eigenvalue weighted by Gasteiger charge is -2.12. The molecule has 1 unspecified atom stereocenters. The molecule has 0 fully saturated rings. The first kappa shape index (κ1) is 12.7. The van der Waals surface area contributed by atoms with Crippen LogP contribution in [0, 0.1) is 0 Å². The molecule has 0 aliphatic rings. The zero-order valence-electron chi connectivity index (χ0n) is 9.81. The second-order valence-electron chi connectivity index (χ2n) is 3.91. The first-order valence-electron chi connectivity index (χ1n) is 5.57. The van der Waals surface area contributed by atoms with E-state index < -0.39 is 12.0 Å². The van der Waals surface area contributed by atoms with Crippen molar-refractivity contribution in [3.8, 4) is 0 Å². The van der Waals surface area contributed by atoms with Gasteiger partial charge in [0.15, 0.2) is 0 Å². The molecule has 16 heavy (non-hydrogen) atoms. The Balaban J connectivity index is 2.30. The third-order valence-corrected chi connectivity index (χ3v) is 2.44. The van der Waals surface area contributed by atoms with Crippen LogP contribution < -0.4 is 5.32 Å². The Morgan fingerprint density at radius 3 is 2.94 bits per heavy atom. The number of aliphatic carboxylic acids is 1. The Hall–Kier alpha value is -1.36. The van der Waals surface area contributed by atoms with Crippen LogP contribution in [0.5, 0.6) is 0 Å². The van der Waals surface area contributed by atoms with Crippen LogP contribution in [-0.2, 0) is 18.3 Å². The number of rotatable bonds is 7. The van der Waals surface area contributed by atoms with Gasteiger partial charge in [0.1, 0.15) is 6.04 Å². The van der Waals surface area contributed by atoms with Gasteiger partial charge >= 0.3 is 5.97 Å². The van der Waals surface area contributed by atoms with E-state index in [-0.39, 0.29) is 0 Å². The van der Waals surface area contributed by atoms with Gasteiger partial charge in [-0.1, -0.05) is 13.3 Å². The summed E-state index contributed by atoms with van der Waals surface area (Å²) in [7, 11) is 1.87. The molecule has 0 saturated heterocycles. The number of aryl methyl sites for hydroxylation is 1. The predicted molar refractivity (Wildman–Crippen MR) is 61.2 cm³/mol. The summed E-state index contributed by atoms with van der Waals surface area (Å²) in [4.78, 5) is 10.9. The van der Waals surface area contributed by atoms with E-state index in [1.54, 1.807) is 10.9 Å². The van der Waals surface area contributed by atoms with Crippen molar-refractivity contribution in [1.82, 2.24) is 15.1 Å². The molecule has 1 heterocycles. The van der Waals surface area contributed by atoms with Crippen LogP contribution in [0.2, 0.25) is 0 Å². The summed E-state index contributed by atoms with van der Waals surface area (Å²) in [6.45, 7) is 2.65. The Labute approximate surface area is 95.5 Å². The van der Waals surface area contributed by atoms with Crippen molar-refractivity contribution in [3.05, 3.63) is 18.0 Å². The van der Waals surface area contributed by atoms with Gasteiger partial charge in [0.25, 0.3) is 0 Å². The maximum Gasteiger partial charge on any atom is 0.320 e. The fourth-order valence-corrected chi connectivity index (χ4v) is 1.59. The molecule has 0 spiro atoms. The SMILES string of the molecule is CCCC(NCCc1cnn(C)c1)C(=O)O. The summed E-state index contributed by atoms with van der Waals surface area (Å²) in [5.41, 5.74) is 1.12. The molecule has 0 aliphatic carbocycles. The molecule has 5 nitrogen and oxygen atoms in total. The van der Waals surface area contributed by atoms with Gasteiger partial charge in [-0.2, -0.15) is 5.10 Å². The number of carbonyl (C=O) groups is 1. The van der Waals surface area contributed by atoms with Crippen LogP contribution in [0.25, 0.3) is 0 Å². The van der Waals surface area contributed by atoms with E-state index in [4.69, 9.17) is 5.11 Å². The lowest BCUT2D eigenvalue weighted by atomic mass is 10.1. The summed E-state index contributed by atoms with van der Waals surface area (Å²) >= 11 is 0. The molecule has 1 aromatic heterocycles. The highest BCUT2D eigenvalue weighted by atomic mass is 16.4. The van der Waals surface area contributed by atoms with E-state index in [0.29, 0.717) is 13.0 Å². The first-order chi connectivity index (χ1) is 7.63. The Bertz CT molecular complexity index is 336. The minimum atomic E-state index is -0.770. The topological polar surface area (TPSA) is 67.2 Å². The number of nitrogens with zero attached hydrogens (tertiary/aromatic N) is 2. The summed E-state index contributed by atoms with van der Waals surface area (Å²) in [6, 6.07) is -0.429. The molecule has 1 rings (SSSR count). The van der Waals surface area contributed by atoms with Crippen molar-refractivity contribution in [1.29, 1.82) is 0 Å². The molecular formula is C11H19N3O2. The standard InChI is InChI=1S/C11H19N3O2/c1-3-4-10(11(15)16)12-6-5-9-7-13-14(2)8-9/h7-8,10,12H,3-6H2,1-2H3,(H,15,16). The Kier molecular flexibility index (Phi) is 4.98. The molecule has 5 heteroatoms. The molecule has 0 bridgehead atoms. The van der Waals surface area contributed by atoms with Crippen molar-refractivity contribution in [2.45, 2.75) is 32.2 Å². The fraction of sp³-hybridized carbons (Fsp3) is 0.636. The van der Waals surface area contributed by atoms with Crippen molar-refractivity contribution in [2.75, 3.05) is 6.54 Å². The molecule has 90 valence electrons. The van der Waals surface area contributed by atoms with Crippen LogP contribution in [0.1, 0.15) is 25.3 Å². The van der Waals surface area contributed by atoms with Crippen LogP contribution in [0.4, 0.5) is 0 Å². The van der Waals surface area contributed by atoms with Gasteiger partial charge in [-0.3, -0.25) is 9.48 Å². The molecule has 0 aromatic carbocycles. The Morgan fingerprint density at radius 1 is 1.69 bits per heavy atom. The quantitative estimate of drug-likeness (QED) is 0.720. The lowest BCUT2D eigenvalue weighted by Crippen LogP contribution is -2.37. The maximum absolute atomic E-state index is 10.9. The van der Waals surface area contributed by atoms with E-state index in [0.717, 1.165) is 18.4 Å². The van der Waals surface area contributed by atoms with Crippen molar-refractivity contribution >= 4 is 5.97 Å². The van der Waals surface area contributed by atoms with Gasteiger partial charge in [0.2, 0.25) is 0 Å². The Morgan fingerprint density at radius 2 is 2.44 bits per heavy atom. The monoisotopic (exact) mass is 225 g/mol.